The van der Waals surface area contributed by atoms with Gasteiger partial charge in [-0.3, -0.25) is 0 Å². The van der Waals surface area contributed by atoms with E-state index in [-0.39, 0.29) is 12.1 Å². The number of benzene rings is 2. The molecule has 2 amide bonds. The van der Waals surface area contributed by atoms with Gasteiger partial charge >= 0.3 is 6.03 Å². The summed E-state index contributed by atoms with van der Waals surface area (Å²) in [5, 5.41) is 5.76. The zero-order chi connectivity index (χ0) is 20.9. The van der Waals surface area contributed by atoms with Crippen molar-refractivity contribution in [2.24, 2.45) is 0 Å². The van der Waals surface area contributed by atoms with Crippen LogP contribution in [0.4, 0.5) is 4.79 Å². The fourth-order valence-corrected chi connectivity index (χ4v) is 5.13. The highest BCUT2D eigenvalue weighted by atomic mass is 32.2. The lowest BCUT2D eigenvalue weighted by Crippen LogP contribution is -2.37. The van der Waals surface area contributed by atoms with E-state index >= 15 is 0 Å². The number of amides is 2. The minimum absolute atomic E-state index is 0.103. The van der Waals surface area contributed by atoms with E-state index in [0.29, 0.717) is 24.5 Å². The van der Waals surface area contributed by atoms with Crippen LogP contribution in [0.25, 0.3) is 0 Å². The van der Waals surface area contributed by atoms with Gasteiger partial charge in [-0.25, -0.2) is 13.2 Å². The summed E-state index contributed by atoms with van der Waals surface area (Å²) in [7, 11) is -3.43. The van der Waals surface area contributed by atoms with Gasteiger partial charge in [0, 0.05) is 19.6 Å². The highest BCUT2D eigenvalue weighted by Gasteiger charge is 2.25. The Hall–Kier alpha value is -2.38. The number of rotatable bonds is 6. The molecule has 1 fully saturated rings. The smallest absolute Gasteiger partial charge is 0.315 e. The van der Waals surface area contributed by atoms with E-state index in [1.165, 1.54) is 0 Å². The van der Waals surface area contributed by atoms with Crippen LogP contribution in [-0.4, -0.2) is 31.8 Å². The number of carbonyl (C=O) groups excluding carboxylic acids is 1. The molecule has 7 heteroatoms. The van der Waals surface area contributed by atoms with Crippen molar-refractivity contribution in [1.82, 2.24) is 14.9 Å². The quantitative estimate of drug-likeness (QED) is 0.755. The van der Waals surface area contributed by atoms with E-state index in [4.69, 9.17) is 0 Å². The minimum atomic E-state index is -3.43. The van der Waals surface area contributed by atoms with Crippen molar-refractivity contribution in [2.45, 2.75) is 50.6 Å². The summed E-state index contributed by atoms with van der Waals surface area (Å²) in [5.41, 5.74) is 3.06. The average Bonchev–Trinajstić information content (AvgIpc) is 2.73. The molecule has 0 saturated carbocycles. The van der Waals surface area contributed by atoms with Crippen LogP contribution in [0, 0.1) is 6.92 Å². The molecule has 2 N–H and O–H groups in total. The second kappa shape index (κ2) is 9.41. The van der Waals surface area contributed by atoms with Crippen LogP contribution in [0.2, 0.25) is 0 Å². The first-order valence-electron chi connectivity index (χ1n) is 10.1. The molecule has 2 aromatic carbocycles. The lowest BCUT2D eigenvalue weighted by Gasteiger charge is -2.25. The standard InChI is InChI=1S/C22H29N3O3S/c1-17-8-4-5-9-21(17)18(2)24-22(26)23-16-19-10-12-20(13-11-19)29(27,28)25-14-6-3-7-15-25/h4-5,8-13,18H,3,6-7,14-16H2,1-2H3,(H2,23,24,26)/t18-/m0/s1. The average molecular weight is 416 g/mol. The minimum Gasteiger partial charge on any atom is -0.334 e. The Morgan fingerprint density at radius 3 is 2.34 bits per heavy atom. The van der Waals surface area contributed by atoms with Crippen molar-refractivity contribution >= 4 is 16.1 Å². The van der Waals surface area contributed by atoms with Crippen molar-refractivity contribution in [3.63, 3.8) is 0 Å². The van der Waals surface area contributed by atoms with Gasteiger partial charge in [-0.05, 0) is 55.5 Å². The monoisotopic (exact) mass is 415 g/mol. The second-order valence-corrected chi connectivity index (χ2v) is 9.45. The molecule has 1 heterocycles. The van der Waals surface area contributed by atoms with E-state index in [0.717, 1.165) is 36.0 Å². The number of nitrogens with zero attached hydrogens (tertiary/aromatic N) is 1. The molecule has 0 bridgehead atoms. The van der Waals surface area contributed by atoms with Gasteiger partial charge in [0.25, 0.3) is 0 Å². The third kappa shape index (κ3) is 5.36. The van der Waals surface area contributed by atoms with Crippen molar-refractivity contribution in [3.8, 4) is 0 Å². The van der Waals surface area contributed by atoms with Crippen LogP contribution in [0.1, 0.15) is 48.9 Å². The van der Waals surface area contributed by atoms with Crippen molar-refractivity contribution in [2.75, 3.05) is 13.1 Å². The molecule has 29 heavy (non-hydrogen) atoms. The third-order valence-electron chi connectivity index (χ3n) is 5.33. The largest absolute Gasteiger partial charge is 0.334 e. The summed E-state index contributed by atoms with van der Waals surface area (Å²) in [5.74, 6) is 0. The highest BCUT2D eigenvalue weighted by Crippen LogP contribution is 2.21. The first kappa shape index (κ1) is 21.3. The summed E-state index contributed by atoms with van der Waals surface area (Å²) in [6, 6.07) is 14.3. The van der Waals surface area contributed by atoms with Gasteiger partial charge in [0.05, 0.1) is 10.9 Å². The summed E-state index contributed by atoms with van der Waals surface area (Å²) >= 11 is 0. The third-order valence-corrected chi connectivity index (χ3v) is 7.24. The Balaban J connectivity index is 1.54. The summed E-state index contributed by atoms with van der Waals surface area (Å²) in [6.45, 7) is 5.47. The molecule has 6 nitrogen and oxygen atoms in total. The maximum absolute atomic E-state index is 12.7. The van der Waals surface area contributed by atoms with Crippen LogP contribution in [0.15, 0.2) is 53.4 Å². The lowest BCUT2D eigenvalue weighted by molar-refractivity contribution is 0.237. The molecule has 2 aromatic rings. The van der Waals surface area contributed by atoms with E-state index in [2.05, 4.69) is 10.6 Å². The van der Waals surface area contributed by atoms with Crippen molar-refractivity contribution in [3.05, 3.63) is 65.2 Å². The molecule has 0 aromatic heterocycles. The van der Waals surface area contributed by atoms with Gasteiger partial charge in [-0.2, -0.15) is 4.31 Å². The van der Waals surface area contributed by atoms with E-state index in [1.807, 2.05) is 38.1 Å². The summed E-state index contributed by atoms with van der Waals surface area (Å²) in [4.78, 5) is 12.5. The van der Waals surface area contributed by atoms with Crippen LogP contribution in [-0.2, 0) is 16.6 Å². The molecule has 1 atom stereocenters. The molecular formula is C22H29N3O3S. The van der Waals surface area contributed by atoms with E-state index in [1.54, 1.807) is 28.6 Å². The number of nitrogens with one attached hydrogen (secondary N) is 2. The molecule has 0 aliphatic carbocycles. The molecule has 1 aliphatic heterocycles. The normalized spacial score (nSPS) is 16.2. The van der Waals surface area contributed by atoms with Gasteiger partial charge in [0.1, 0.15) is 0 Å². The van der Waals surface area contributed by atoms with Gasteiger partial charge in [0.15, 0.2) is 0 Å². The number of urea groups is 1. The number of hydrogen-bond acceptors (Lipinski definition) is 3. The molecule has 1 aliphatic rings. The van der Waals surface area contributed by atoms with Gasteiger partial charge < -0.3 is 10.6 Å². The highest BCUT2D eigenvalue weighted by molar-refractivity contribution is 7.89. The molecule has 156 valence electrons. The molecule has 1 saturated heterocycles. The predicted molar refractivity (Wildman–Crippen MR) is 114 cm³/mol. The van der Waals surface area contributed by atoms with Crippen LogP contribution in [0.3, 0.4) is 0 Å². The zero-order valence-electron chi connectivity index (χ0n) is 17.0. The predicted octanol–water partition coefficient (Wildman–Crippen LogP) is 3.73. The summed E-state index contributed by atoms with van der Waals surface area (Å²) in [6.07, 6.45) is 2.91. The first-order valence-corrected chi connectivity index (χ1v) is 11.5. The fourth-order valence-electron chi connectivity index (χ4n) is 3.61. The van der Waals surface area contributed by atoms with Crippen LogP contribution < -0.4 is 10.6 Å². The number of sulfonamides is 1. The number of aryl methyl sites for hydroxylation is 1. The fraction of sp³-hybridized carbons (Fsp3) is 0.409. The first-order chi connectivity index (χ1) is 13.9. The van der Waals surface area contributed by atoms with E-state index < -0.39 is 10.0 Å². The van der Waals surface area contributed by atoms with Crippen molar-refractivity contribution in [1.29, 1.82) is 0 Å². The zero-order valence-corrected chi connectivity index (χ0v) is 17.8. The number of carbonyl (C=O) groups is 1. The molecule has 0 radical (unpaired) electrons. The molecule has 0 unspecified atom stereocenters. The second-order valence-electron chi connectivity index (χ2n) is 7.51. The number of piperidine rings is 1. The van der Waals surface area contributed by atoms with Crippen LogP contribution in [0.5, 0.6) is 0 Å². The van der Waals surface area contributed by atoms with E-state index in [9.17, 15) is 13.2 Å². The SMILES string of the molecule is Cc1ccccc1[C@H](C)NC(=O)NCc1ccc(S(=O)(=O)N2CCCCC2)cc1. The van der Waals surface area contributed by atoms with Crippen LogP contribution >= 0.6 is 0 Å². The van der Waals surface area contributed by atoms with Crippen molar-refractivity contribution < 1.29 is 13.2 Å². The molecule has 3 rings (SSSR count). The maximum atomic E-state index is 12.7. The maximum Gasteiger partial charge on any atom is 0.315 e. The summed E-state index contributed by atoms with van der Waals surface area (Å²) < 4.78 is 26.9. The Morgan fingerprint density at radius 1 is 1.03 bits per heavy atom. The Kier molecular flexibility index (Phi) is 6.92. The van der Waals surface area contributed by atoms with Gasteiger partial charge in [0.2, 0.25) is 10.0 Å². The topological polar surface area (TPSA) is 78.5 Å². The Labute approximate surface area is 173 Å². The Bertz CT molecular complexity index is 936. The molecular weight excluding hydrogens is 386 g/mol. The number of hydrogen-bond donors (Lipinski definition) is 2. The lowest BCUT2D eigenvalue weighted by atomic mass is 10.0. The van der Waals surface area contributed by atoms with Gasteiger partial charge in [-0.15, -0.1) is 0 Å². The van der Waals surface area contributed by atoms with Gasteiger partial charge in [-0.1, -0.05) is 42.8 Å². The Morgan fingerprint density at radius 2 is 1.69 bits per heavy atom. The molecule has 0 spiro atoms.